The molecule has 4 heteroatoms. The van der Waals surface area contributed by atoms with E-state index in [4.69, 9.17) is 5.73 Å². The summed E-state index contributed by atoms with van der Waals surface area (Å²) in [6.07, 6.45) is 0.561. The van der Waals surface area contributed by atoms with Crippen LogP contribution in [0.5, 0.6) is 0 Å². The lowest BCUT2D eigenvalue weighted by Gasteiger charge is -2.00. The average molecular weight is 210 g/mol. The molecule has 0 aliphatic carbocycles. The SMILES string of the molecule is CNCCC#Cc1c(N)ccc(F)c1F. The van der Waals surface area contributed by atoms with Gasteiger partial charge in [-0.25, -0.2) is 8.78 Å². The second-order valence-electron chi connectivity index (χ2n) is 2.98. The first-order chi connectivity index (χ1) is 7.16. The van der Waals surface area contributed by atoms with Crippen LogP contribution in [0.3, 0.4) is 0 Å². The Morgan fingerprint density at radius 3 is 2.80 bits per heavy atom. The Morgan fingerprint density at radius 1 is 1.40 bits per heavy atom. The summed E-state index contributed by atoms with van der Waals surface area (Å²) < 4.78 is 26.0. The van der Waals surface area contributed by atoms with Crippen LogP contribution in [0.2, 0.25) is 0 Å². The maximum atomic E-state index is 13.2. The number of hydrogen-bond donors (Lipinski definition) is 2. The third kappa shape index (κ3) is 2.93. The minimum Gasteiger partial charge on any atom is -0.398 e. The van der Waals surface area contributed by atoms with Crippen LogP contribution in [0, 0.1) is 23.5 Å². The van der Waals surface area contributed by atoms with Crippen molar-refractivity contribution in [2.24, 2.45) is 0 Å². The molecule has 0 aliphatic rings. The molecule has 1 aromatic rings. The van der Waals surface area contributed by atoms with Crippen molar-refractivity contribution in [2.45, 2.75) is 6.42 Å². The van der Waals surface area contributed by atoms with Crippen molar-refractivity contribution in [3.8, 4) is 11.8 Å². The summed E-state index contributed by atoms with van der Waals surface area (Å²) in [5.41, 5.74) is 5.57. The lowest BCUT2D eigenvalue weighted by atomic mass is 10.1. The number of nitrogens with one attached hydrogen (secondary N) is 1. The van der Waals surface area contributed by atoms with Crippen molar-refractivity contribution >= 4 is 5.69 Å². The first-order valence-corrected chi connectivity index (χ1v) is 4.53. The Labute approximate surface area is 87.5 Å². The first-order valence-electron chi connectivity index (χ1n) is 4.53. The van der Waals surface area contributed by atoms with E-state index in [0.29, 0.717) is 13.0 Å². The van der Waals surface area contributed by atoms with Gasteiger partial charge in [0.2, 0.25) is 0 Å². The van der Waals surface area contributed by atoms with Crippen LogP contribution in [0.15, 0.2) is 12.1 Å². The van der Waals surface area contributed by atoms with Crippen LogP contribution in [0.25, 0.3) is 0 Å². The highest BCUT2D eigenvalue weighted by Crippen LogP contribution is 2.17. The van der Waals surface area contributed by atoms with E-state index in [1.807, 2.05) is 0 Å². The molecule has 15 heavy (non-hydrogen) atoms. The van der Waals surface area contributed by atoms with Gasteiger partial charge in [-0.05, 0) is 19.2 Å². The van der Waals surface area contributed by atoms with Gasteiger partial charge in [-0.2, -0.15) is 0 Å². The molecular formula is C11H12F2N2. The monoisotopic (exact) mass is 210 g/mol. The van der Waals surface area contributed by atoms with Crippen LogP contribution >= 0.6 is 0 Å². The Kier molecular flexibility index (Phi) is 4.07. The molecule has 0 radical (unpaired) electrons. The van der Waals surface area contributed by atoms with Crippen molar-refractivity contribution in [1.29, 1.82) is 0 Å². The standard InChI is InChI=1S/C11H12F2N2/c1-15-7-3-2-4-8-10(14)6-5-9(12)11(8)13/h5-6,15H,3,7,14H2,1H3. The Bertz CT molecular complexity index is 405. The molecule has 0 aliphatic heterocycles. The molecule has 3 N–H and O–H groups in total. The van der Waals surface area contributed by atoms with Crippen LogP contribution in [-0.4, -0.2) is 13.6 Å². The summed E-state index contributed by atoms with van der Waals surface area (Å²) in [4.78, 5) is 0. The largest absolute Gasteiger partial charge is 0.398 e. The average Bonchev–Trinajstić information content (AvgIpc) is 2.23. The molecule has 0 aromatic heterocycles. The van der Waals surface area contributed by atoms with E-state index in [0.717, 1.165) is 6.07 Å². The third-order valence-electron chi connectivity index (χ3n) is 1.84. The summed E-state index contributed by atoms with van der Waals surface area (Å²) in [5.74, 6) is 3.33. The number of benzene rings is 1. The second-order valence-corrected chi connectivity index (χ2v) is 2.98. The molecule has 1 aromatic carbocycles. The van der Waals surface area contributed by atoms with E-state index < -0.39 is 11.6 Å². The quantitative estimate of drug-likeness (QED) is 0.441. The summed E-state index contributed by atoms with van der Waals surface area (Å²) >= 11 is 0. The Morgan fingerprint density at radius 2 is 2.13 bits per heavy atom. The maximum absolute atomic E-state index is 13.2. The minimum atomic E-state index is -0.980. The highest BCUT2D eigenvalue weighted by molar-refractivity contribution is 5.56. The van der Waals surface area contributed by atoms with Gasteiger partial charge in [0.1, 0.15) is 0 Å². The molecule has 80 valence electrons. The predicted octanol–water partition coefficient (Wildman–Crippen LogP) is 1.51. The van der Waals surface area contributed by atoms with Crippen LogP contribution in [-0.2, 0) is 0 Å². The molecule has 0 saturated carbocycles. The number of anilines is 1. The lowest BCUT2D eigenvalue weighted by molar-refractivity contribution is 0.507. The van der Waals surface area contributed by atoms with Crippen molar-refractivity contribution in [2.75, 3.05) is 19.3 Å². The molecule has 0 atom stereocenters. The lowest BCUT2D eigenvalue weighted by Crippen LogP contribution is -2.06. The van der Waals surface area contributed by atoms with Crippen molar-refractivity contribution in [1.82, 2.24) is 5.32 Å². The van der Waals surface area contributed by atoms with Gasteiger partial charge in [0.05, 0.1) is 11.3 Å². The first kappa shape index (κ1) is 11.5. The Balaban J connectivity index is 2.92. The molecule has 0 amide bonds. The second kappa shape index (κ2) is 5.32. The molecule has 0 heterocycles. The maximum Gasteiger partial charge on any atom is 0.176 e. The fourth-order valence-electron chi connectivity index (χ4n) is 1.03. The van der Waals surface area contributed by atoms with Crippen molar-refractivity contribution in [3.63, 3.8) is 0 Å². The minimum absolute atomic E-state index is 0.0638. The predicted molar refractivity (Wildman–Crippen MR) is 56.2 cm³/mol. The number of halogens is 2. The van der Waals surface area contributed by atoms with Crippen LogP contribution in [0.1, 0.15) is 12.0 Å². The van der Waals surface area contributed by atoms with E-state index in [1.54, 1.807) is 7.05 Å². The number of nitrogen functional groups attached to an aromatic ring is 1. The van der Waals surface area contributed by atoms with Gasteiger partial charge >= 0.3 is 0 Å². The number of hydrogen-bond acceptors (Lipinski definition) is 2. The molecule has 0 unspecified atom stereocenters. The van der Waals surface area contributed by atoms with Gasteiger partial charge in [0.25, 0.3) is 0 Å². The molecule has 1 rings (SSSR count). The van der Waals surface area contributed by atoms with Crippen molar-refractivity contribution < 1.29 is 8.78 Å². The van der Waals surface area contributed by atoms with E-state index in [-0.39, 0.29) is 11.3 Å². The van der Waals surface area contributed by atoms with Crippen LogP contribution < -0.4 is 11.1 Å². The van der Waals surface area contributed by atoms with Gasteiger partial charge < -0.3 is 11.1 Å². The zero-order valence-corrected chi connectivity index (χ0v) is 8.40. The third-order valence-corrected chi connectivity index (χ3v) is 1.84. The molecule has 0 bridgehead atoms. The Hall–Kier alpha value is -1.60. The summed E-state index contributed by atoms with van der Waals surface area (Å²) in [6.45, 7) is 0.698. The smallest absolute Gasteiger partial charge is 0.176 e. The zero-order valence-electron chi connectivity index (χ0n) is 8.40. The van der Waals surface area contributed by atoms with E-state index >= 15 is 0 Å². The fourth-order valence-corrected chi connectivity index (χ4v) is 1.03. The molecular weight excluding hydrogens is 198 g/mol. The van der Waals surface area contributed by atoms with Crippen LogP contribution in [0.4, 0.5) is 14.5 Å². The van der Waals surface area contributed by atoms with Gasteiger partial charge in [-0.1, -0.05) is 11.8 Å². The van der Waals surface area contributed by atoms with E-state index in [9.17, 15) is 8.78 Å². The number of rotatable bonds is 2. The highest BCUT2D eigenvalue weighted by atomic mass is 19.2. The zero-order chi connectivity index (χ0) is 11.3. The van der Waals surface area contributed by atoms with Gasteiger partial charge in [0, 0.05) is 13.0 Å². The molecule has 0 fully saturated rings. The normalized spacial score (nSPS) is 9.53. The number of nitrogens with two attached hydrogens (primary N) is 1. The molecule has 0 saturated heterocycles. The topological polar surface area (TPSA) is 38.0 Å². The summed E-state index contributed by atoms with van der Waals surface area (Å²) in [5, 5.41) is 2.89. The highest BCUT2D eigenvalue weighted by Gasteiger charge is 2.08. The summed E-state index contributed by atoms with van der Waals surface area (Å²) in [7, 11) is 1.79. The van der Waals surface area contributed by atoms with Gasteiger partial charge in [-0.3, -0.25) is 0 Å². The van der Waals surface area contributed by atoms with Crippen molar-refractivity contribution in [3.05, 3.63) is 29.3 Å². The summed E-state index contributed by atoms with van der Waals surface area (Å²) in [6, 6.07) is 2.30. The van der Waals surface area contributed by atoms with Gasteiger partial charge in [-0.15, -0.1) is 0 Å². The van der Waals surface area contributed by atoms with Gasteiger partial charge in [0.15, 0.2) is 11.6 Å². The van der Waals surface area contributed by atoms with E-state index in [2.05, 4.69) is 17.2 Å². The fraction of sp³-hybridized carbons (Fsp3) is 0.273. The molecule has 2 nitrogen and oxygen atoms in total. The molecule has 0 spiro atoms. The van der Waals surface area contributed by atoms with E-state index in [1.165, 1.54) is 6.07 Å².